The number of carbonyl (C=O) groups excluding carboxylic acids is 1. The van der Waals surface area contributed by atoms with Crippen molar-refractivity contribution in [2.45, 2.75) is 31.4 Å². The molecule has 1 saturated heterocycles. The van der Waals surface area contributed by atoms with Crippen LogP contribution >= 0.6 is 0 Å². The first-order valence-electron chi connectivity index (χ1n) is 8.50. The van der Waals surface area contributed by atoms with Crippen molar-refractivity contribution in [3.63, 3.8) is 0 Å². The number of carbonyl (C=O) groups is 1. The van der Waals surface area contributed by atoms with E-state index in [-0.39, 0.29) is 23.8 Å². The van der Waals surface area contributed by atoms with E-state index in [0.29, 0.717) is 24.6 Å². The number of nitrogens with zero attached hydrogens (tertiary/aromatic N) is 2. The van der Waals surface area contributed by atoms with Crippen LogP contribution in [-0.4, -0.2) is 66.8 Å². The van der Waals surface area contributed by atoms with Gasteiger partial charge in [-0.25, -0.2) is 4.39 Å². The fourth-order valence-corrected chi connectivity index (χ4v) is 3.52. The van der Waals surface area contributed by atoms with Crippen molar-refractivity contribution in [1.29, 1.82) is 0 Å². The van der Waals surface area contributed by atoms with Crippen LogP contribution in [0.25, 0.3) is 0 Å². The Morgan fingerprint density at radius 1 is 1.46 bits per heavy atom. The van der Waals surface area contributed by atoms with E-state index in [1.165, 1.54) is 25.7 Å². The number of likely N-dealkylation sites (tertiary alicyclic amines) is 1. The molecule has 1 amide bonds. The lowest BCUT2D eigenvalue weighted by atomic mass is 9.78. The second-order valence-electron chi connectivity index (χ2n) is 6.90. The van der Waals surface area contributed by atoms with Crippen LogP contribution < -0.4 is 4.74 Å². The van der Waals surface area contributed by atoms with Crippen molar-refractivity contribution in [3.05, 3.63) is 29.6 Å². The molecule has 1 N–H and O–H groups in total. The normalized spacial score (nSPS) is 20.2. The number of hydrogen-bond donors (Lipinski definition) is 1. The van der Waals surface area contributed by atoms with Gasteiger partial charge in [-0.05, 0) is 37.0 Å². The number of amides is 1. The number of β-amino-alcohol motifs (C(OH)–C–C–N with tert-alkyl or cyclic N) is 1. The highest BCUT2D eigenvalue weighted by Gasteiger charge is 2.36. The number of benzene rings is 1. The number of aliphatic hydroxyl groups is 1. The van der Waals surface area contributed by atoms with Crippen molar-refractivity contribution >= 4 is 5.91 Å². The molecule has 1 aromatic rings. The van der Waals surface area contributed by atoms with Crippen LogP contribution in [0.2, 0.25) is 0 Å². The molecule has 1 aliphatic heterocycles. The molecule has 24 heavy (non-hydrogen) atoms. The number of rotatable bonds is 6. The number of ether oxygens (including phenoxy) is 1. The Balaban J connectivity index is 1.72. The molecule has 6 heteroatoms. The summed E-state index contributed by atoms with van der Waals surface area (Å²) in [4.78, 5) is 16.7. The van der Waals surface area contributed by atoms with Gasteiger partial charge < -0.3 is 14.7 Å². The maximum Gasteiger partial charge on any atom is 0.254 e. The topological polar surface area (TPSA) is 53.0 Å². The molecule has 0 spiro atoms. The van der Waals surface area contributed by atoms with Crippen LogP contribution in [0.4, 0.5) is 4.39 Å². The summed E-state index contributed by atoms with van der Waals surface area (Å²) in [6, 6.07) is 4.43. The first-order valence-corrected chi connectivity index (χ1v) is 8.50. The predicted octanol–water partition coefficient (Wildman–Crippen LogP) is 1.75. The first-order chi connectivity index (χ1) is 11.5. The second kappa shape index (κ2) is 7.07. The molecule has 132 valence electrons. The van der Waals surface area contributed by atoms with Crippen LogP contribution in [0.15, 0.2) is 18.2 Å². The molecule has 2 fully saturated rings. The van der Waals surface area contributed by atoms with Gasteiger partial charge in [0.1, 0.15) is 0 Å². The van der Waals surface area contributed by atoms with Gasteiger partial charge in [0.25, 0.3) is 5.91 Å². The Morgan fingerprint density at radius 3 is 2.67 bits per heavy atom. The Morgan fingerprint density at radius 2 is 2.17 bits per heavy atom. The van der Waals surface area contributed by atoms with Crippen molar-refractivity contribution in [2.24, 2.45) is 5.92 Å². The molecule has 1 unspecified atom stereocenters. The summed E-state index contributed by atoms with van der Waals surface area (Å²) in [6.45, 7) is 2.10. The fourth-order valence-electron chi connectivity index (χ4n) is 3.52. The molecule has 0 bridgehead atoms. The molecule has 1 heterocycles. The third-order valence-corrected chi connectivity index (χ3v) is 5.29. The summed E-state index contributed by atoms with van der Waals surface area (Å²) in [5.41, 5.74) is 0.337. The monoisotopic (exact) mass is 336 g/mol. The highest BCUT2D eigenvalue weighted by molar-refractivity contribution is 5.94. The molecule has 1 atom stereocenters. The summed E-state index contributed by atoms with van der Waals surface area (Å²) >= 11 is 0. The van der Waals surface area contributed by atoms with E-state index in [0.717, 1.165) is 19.4 Å². The number of hydrogen-bond acceptors (Lipinski definition) is 4. The van der Waals surface area contributed by atoms with Crippen molar-refractivity contribution in [2.75, 3.05) is 33.8 Å². The molecular formula is C18H25FN2O3. The number of likely N-dealkylation sites (N-methyl/N-ethyl adjacent to an activating group) is 1. The maximum atomic E-state index is 13.9. The minimum atomic E-state index is -0.525. The van der Waals surface area contributed by atoms with Gasteiger partial charge in [0.15, 0.2) is 11.6 Å². The van der Waals surface area contributed by atoms with Crippen LogP contribution in [0.1, 0.15) is 29.6 Å². The molecular weight excluding hydrogens is 311 g/mol. The van der Waals surface area contributed by atoms with Crippen LogP contribution in [0.3, 0.4) is 0 Å². The largest absolute Gasteiger partial charge is 0.494 e. The molecule has 0 aromatic heterocycles. The molecule has 2 aliphatic rings. The highest BCUT2D eigenvalue weighted by atomic mass is 19.1. The third-order valence-electron chi connectivity index (χ3n) is 5.29. The zero-order valence-electron chi connectivity index (χ0n) is 14.2. The standard InChI is InChI=1S/C18H25FN2O3/c1-20(18(23)13-6-7-17(24-2)15(19)8-13)16(12-4-3-5-12)11-21-9-14(22)10-21/h6-8,12,14,16,22H,3-5,9-11H2,1-2H3. The minimum Gasteiger partial charge on any atom is -0.494 e. The highest BCUT2D eigenvalue weighted by Crippen LogP contribution is 2.33. The molecule has 3 rings (SSSR count). The van der Waals surface area contributed by atoms with E-state index in [1.807, 2.05) is 0 Å². The second-order valence-corrected chi connectivity index (χ2v) is 6.90. The zero-order chi connectivity index (χ0) is 17.3. The summed E-state index contributed by atoms with van der Waals surface area (Å²) in [7, 11) is 3.20. The predicted molar refractivity (Wildman–Crippen MR) is 88.6 cm³/mol. The Hall–Kier alpha value is -1.66. The van der Waals surface area contributed by atoms with Gasteiger partial charge in [-0.15, -0.1) is 0 Å². The van der Waals surface area contributed by atoms with Gasteiger partial charge in [0.2, 0.25) is 0 Å². The summed E-state index contributed by atoms with van der Waals surface area (Å²) in [5.74, 6) is -0.0727. The Bertz CT molecular complexity index is 600. The van der Waals surface area contributed by atoms with Gasteiger partial charge in [-0.2, -0.15) is 0 Å². The average Bonchev–Trinajstić information content (AvgIpc) is 2.49. The summed E-state index contributed by atoms with van der Waals surface area (Å²) < 4.78 is 18.8. The van der Waals surface area contributed by atoms with E-state index >= 15 is 0 Å². The van der Waals surface area contributed by atoms with E-state index in [9.17, 15) is 14.3 Å². The summed E-state index contributed by atoms with van der Waals surface area (Å²) in [6.07, 6.45) is 3.19. The Labute approximate surface area is 142 Å². The van der Waals surface area contributed by atoms with Gasteiger partial charge >= 0.3 is 0 Å². The minimum absolute atomic E-state index is 0.101. The van der Waals surface area contributed by atoms with Crippen molar-refractivity contribution < 1.29 is 19.0 Å². The smallest absolute Gasteiger partial charge is 0.254 e. The lowest BCUT2D eigenvalue weighted by molar-refractivity contribution is -0.0223. The van der Waals surface area contributed by atoms with Crippen LogP contribution in [-0.2, 0) is 0 Å². The van der Waals surface area contributed by atoms with Crippen LogP contribution in [0, 0.1) is 11.7 Å². The van der Waals surface area contributed by atoms with Gasteiger partial charge in [0.05, 0.1) is 13.2 Å². The van der Waals surface area contributed by atoms with Gasteiger partial charge in [0, 0.05) is 38.3 Å². The van der Waals surface area contributed by atoms with E-state index in [4.69, 9.17) is 4.74 Å². The molecule has 1 aliphatic carbocycles. The Kier molecular flexibility index (Phi) is 5.06. The first kappa shape index (κ1) is 17.2. The number of aliphatic hydroxyl groups excluding tert-OH is 1. The van der Waals surface area contributed by atoms with Gasteiger partial charge in [-0.3, -0.25) is 9.69 Å². The molecule has 5 nitrogen and oxygen atoms in total. The van der Waals surface area contributed by atoms with Crippen LogP contribution in [0.5, 0.6) is 5.75 Å². The number of halogens is 1. The zero-order valence-corrected chi connectivity index (χ0v) is 14.2. The quantitative estimate of drug-likeness (QED) is 0.860. The third kappa shape index (κ3) is 3.39. The van der Waals surface area contributed by atoms with Crippen molar-refractivity contribution in [1.82, 2.24) is 9.80 Å². The van der Waals surface area contributed by atoms with E-state index in [2.05, 4.69) is 4.90 Å². The summed E-state index contributed by atoms with van der Waals surface area (Å²) in [5, 5.41) is 9.47. The average molecular weight is 336 g/mol. The molecule has 1 aromatic carbocycles. The lowest BCUT2D eigenvalue weighted by Gasteiger charge is -2.45. The van der Waals surface area contributed by atoms with Gasteiger partial charge in [-0.1, -0.05) is 6.42 Å². The number of methoxy groups -OCH3 is 1. The molecule has 1 saturated carbocycles. The fraction of sp³-hybridized carbons (Fsp3) is 0.611. The van der Waals surface area contributed by atoms with E-state index < -0.39 is 5.82 Å². The van der Waals surface area contributed by atoms with E-state index in [1.54, 1.807) is 18.0 Å². The maximum absolute atomic E-state index is 13.9. The van der Waals surface area contributed by atoms with Crippen molar-refractivity contribution in [3.8, 4) is 5.75 Å². The molecule has 0 radical (unpaired) electrons. The lowest BCUT2D eigenvalue weighted by Crippen LogP contribution is -2.58. The SMILES string of the molecule is COc1ccc(C(=O)N(C)C(CN2CC(O)C2)C2CCC2)cc1F.